The summed E-state index contributed by atoms with van der Waals surface area (Å²) in [5.41, 5.74) is 0.733. The SMILES string of the molecule is O=C1N[C@H]2C(=C[C@@H](O)[C@H](O)[C@@H]2O)c2cc3c(c(O)c21)OCO3. The van der Waals surface area contributed by atoms with Crippen molar-refractivity contribution in [2.75, 3.05) is 6.79 Å². The van der Waals surface area contributed by atoms with E-state index in [2.05, 4.69) is 5.32 Å². The number of benzene rings is 1. The molecule has 0 saturated carbocycles. The number of carbonyl (C=O) groups is 1. The van der Waals surface area contributed by atoms with Gasteiger partial charge in [0.1, 0.15) is 18.3 Å². The van der Waals surface area contributed by atoms with Gasteiger partial charge >= 0.3 is 0 Å². The fraction of sp³-hybridized carbons (Fsp3) is 0.357. The van der Waals surface area contributed by atoms with E-state index < -0.39 is 30.3 Å². The zero-order chi connectivity index (χ0) is 15.6. The topological polar surface area (TPSA) is 128 Å². The monoisotopic (exact) mass is 307 g/mol. The number of phenolic OH excluding ortho intramolecular Hbond substituents is 1. The fourth-order valence-corrected chi connectivity index (χ4v) is 3.09. The first kappa shape index (κ1) is 13.4. The number of aromatic hydroxyl groups is 1. The second-order valence-corrected chi connectivity index (χ2v) is 5.43. The van der Waals surface area contributed by atoms with E-state index in [4.69, 9.17) is 9.47 Å². The lowest BCUT2D eigenvalue weighted by molar-refractivity contribution is -0.0535. The van der Waals surface area contributed by atoms with E-state index in [1.54, 1.807) is 0 Å². The Hall–Kier alpha value is -2.29. The molecule has 0 radical (unpaired) electrons. The molecule has 5 N–H and O–H groups in total. The highest BCUT2D eigenvalue weighted by molar-refractivity contribution is 6.07. The fourth-order valence-electron chi connectivity index (χ4n) is 3.09. The van der Waals surface area contributed by atoms with Crippen molar-refractivity contribution in [1.82, 2.24) is 5.32 Å². The van der Waals surface area contributed by atoms with Gasteiger partial charge in [-0.25, -0.2) is 0 Å². The van der Waals surface area contributed by atoms with Crippen molar-refractivity contribution in [2.45, 2.75) is 24.4 Å². The minimum Gasteiger partial charge on any atom is -0.504 e. The van der Waals surface area contributed by atoms with Crippen molar-refractivity contribution < 1.29 is 34.7 Å². The molecule has 2 aliphatic heterocycles. The highest BCUT2D eigenvalue weighted by Gasteiger charge is 2.44. The van der Waals surface area contributed by atoms with Gasteiger partial charge in [-0.3, -0.25) is 4.79 Å². The van der Waals surface area contributed by atoms with Gasteiger partial charge in [0.05, 0.1) is 11.6 Å². The van der Waals surface area contributed by atoms with Gasteiger partial charge in [-0.2, -0.15) is 0 Å². The van der Waals surface area contributed by atoms with Gasteiger partial charge in [0.15, 0.2) is 11.5 Å². The predicted octanol–water partition coefficient (Wildman–Crippen LogP) is -1.29. The maximum atomic E-state index is 12.2. The first-order valence-corrected chi connectivity index (χ1v) is 6.71. The first-order valence-electron chi connectivity index (χ1n) is 6.71. The molecule has 2 heterocycles. The zero-order valence-electron chi connectivity index (χ0n) is 11.2. The van der Waals surface area contributed by atoms with E-state index in [0.717, 1.165) is 0 Å². The van der Waals surface area contributed by atoms with Gasteiger partial charge in [-0.1, -0.05) is 0 Å². The van der Waals surface area contributed by atoms with E-state index in [1.807, 2.05) is 0 Å². The number of ether oxygens (including phenoxy) is 2. The average Bonchev–Trinajstić information content (AvgIpc) is 2.95. The highest BCUT2D eigenvalue weighted by atomic mass is 16.7. The van der Waals surface area contributed by atoms with Crippen molar-refractivity contribution in [3.63, 3.8) is 0 Å². The van der Waals surface area contributed by atoms with Crippen molar-refractivity contribution in [3.05, 3.63) is 23.3 Å². The molecule has 3 aliphatic rings. The summed E-state index contributed by atoms with van der Waals surface area (Å²) >= 11 is 0. The molecule has 0 aromatic heterocycles. The normalized spacial score (nSPS) is 32.0. The van der Waals surface area contributed by atoms with Gasteiger partial charge in [-0.05, 0) is 17.7 Å². The van der Waals surface area contributed by atoms with Crippen LogP contribution in [0.3, 0.4) is 0 Å². The standard InChI is InChI=1S/C14H13NO7/c16-6-1-5-4-2-7-13(22-3-21-7)11(18)8(4)14(20)15-9(5)12(19)10(6)17/h1-2,6,9-10,12,16-19H,3H2,(H,15,20)/t6-,9+,10+,12-/m1/s1. The van der Waals surface area contributed by atoms with Crippen LogP contribution >= 0.6 is 0 Å². The Morgan fingerprint density at radius 3 is 2.73 bits per heavy atom. The molecule has 22 heavy (non-hydrogen) atoms. The molecule has 0 fully saturated rings. The van der Waals surface area contributed by atoms with E-state index in [-0.39, 0.29) is 29.6 Å². The summed E-state index contributed by atoms with van der Waals surface area (Å²) in [6, 6.07) is 0.643. The van der Waals surface area contributed by atoms with Crippen LogP contribution in [-0.4, -0.2) is 57.5 Å². The average molecular weight is 307 g/mol. The van der Waals surface area contributed by atoms with Crippen LogP contribution in [0.1, 0.15) is 15.9 Å². The Kier molecular flexibility index (Phi) is 2.65. The number of amides is 1. The van der Waals surface area contributed by atoms with Crippen LogP contribution in [0.25, 0.3) is 5.57 Å². The van der Waals surface area contributed by atoms with Gasteiger partial charge in [0.25, 0.3) is 5.91 Å². The maximum absolute atomic E-state index is 12.2. The molecule has 1 aromatic carbocycles. The van der Waals surface area contributed by atoms with Gasteiger partial charge < -0.3 is 35.2 Å². The second kappa shape index (κ2) is 4.35. The zero-order valence-corrected chi connectivity index (χ0v) is 11.2. The van der Waals surface area contributed by atoms with Gasteiger partial charge in [0.2, 0.25) is 12.5 Å². The van der Waals surface area contributed by atoms with Crippen molar-refractivity contribution >= 4 is 11.5 Å². The molecule has 4 atom stereocenters. The number of carbonyl (C=O) groups excluding carboxylic acids is 1. The molecule has 0 unspecified atom stereocenters. The van der Waals surface area contributed by atoms with Crippen molar-refractivity contribution in [2.24, 2.45) is 0 Å². The second-order valence-electron chi connectivity index (χ2n) is 5.43. The molecule has 4 rings (SSSR count). The van der Waals surface area contributed by atoms with Crippen LogP contribution in [0.2, 0.25) is 0 Å². The summed E-state index contributed by atoms with van der Waals surface area (Å²) in [5.74, 6) is -0.585. The first-order chi connectivity index (χ1) is 10.5. The molecule has 1 aliphatic carbocycles. The molecule has 0 spiro atoms. The highest BCUT2D eigenvalue weighted by Crippen LogP contribution is 2.48. The third-order valence-electron chi connectivity index (χ3n) is 4.19. The summed E-state index contributed by atoms with van der Waals surface area (Å²) in [6.07, 6.45) is -2.70. The number of phenols is 1. The Morgan fingerprint density at radius 1 is 1.18 bits per heavy atom. The quantitative estimate of drug-likeness (QED) is 0.403. The molecular formula is C14H13NO7. The third-order valence-corrected chi connectivity index (χ3v) is 4.19. The van der Waals surface area contributed by atoms with Crippen LogP contribution in [0.5, 0.6) is 17.2 Å². The summed E-state index contributed by atoms with van der Waals surface area (Å²) in [4.78, 5) is 12.2. The minimum atomic E-state index is -1.40. The Morgan fingerprint density at radius 2 is 1.95 bits per heavy atom. The Bertz CT molecular complexity index is 714. The maximum Gasteiger partial charge on any atom is 0.256 e. The van der Waals surface area contributed by atoms with Crippen molar-refractivity contribution in [3.8, 4) is 17.2 Å². The van der Waals surface area contributed by atoms with Crippen LogP contribution in [0.4, 0.5) is 0 Å². The van der Waals surface area contributed by atoms with E-state index in [1.165, 1.54) is 12.1 Å². The number of fused-ring (bicyclic) bond motifs is 4. The third kappa shape index (κ3) is 1.59. The smallest absolute Gasteiger partial charge is 0.256 e. The predicted molar refractivity (Wildman–Crippen MR) is 71.5 cm³/mol. The molecule has 8 nitrogen and oxygen atoms in total. The summed E-state index contributed by atoms with van der Waals surface area (Å²) in [7, 11) is 0. The van der Waals surface area contributed by atoms with Crippen LogP contribution in [0, 0.1) is 0 Å². The summed E-state index contributed by atoms with van der Waals surface area (Å²) in [5, 5.41) is 42.4. The summed E-state index contributed by atoms with van der Waals surface area (Å²) in [6.45, 7) is -0.0696. The number of hydrogen-bond acceptors (Lipinski definition) is 7. The molecule has 1 aromatic rings. The van der Waals surface area contributed by atoms with Crippen LogP contribution < -0.4 is 14.8 Å². The number of aliphatic hydroxyl groups excluding tert-OH is 3. The van der Waals surface area contributed by atoms with Crippen LogP contribution in [-0.2, 0) is 0 Å². The molecule has 116 valence electrons. The lowest BCUT2D eigenvalue weighted by Crippen LogP contribution is -2.57. The van der Waals surface area contributed by atoms with Gasteiger partial charge in [0, 0.05) is 5.56 Å². The molecule has 0 saturated heterocycles. The summed E-state index contributed by atoms with van der Waals surface area (Å²) < 4.78 is 10.3. The Labute approximate surface area is 124 Å². The van der Waals surface area contributed by atoms with E-state index in [9.17, 15) is 25.2 Å². The van der Waals surface area contributed by atoms with E-state index in [0.29, 0.717) is 11.1 Å². The lowest BCUT2D eigenvalue weighted by Gasteiger charge is -2.39. The van der Waals surface area contributed by atoms with Crippen LogP contribution in [0.15, 0.2) is 12.1 Å². The lowest BCUT2D eigenvalue weighted by atomic mass is 9.79. The minimum absolute atomic E-state index is 0.0115. The largest absolute Gasteiger partial charge is 0.504 e. The van der Waals surface area contributed by atoms with Gasteiger partial charge in [-0.15, -0.1) is 0 Å². The molecule has 8 heteroatoms. The molecule has 1 amide bonds. The number of rotatable bonds is 0. The number of aliphatic hydroxyl groups is 3. The number of hydrogen-bond donors (Lipinski definition) is 5. The van der Waals surface area contributed by atoms with Crippen molar-refractivity contribution in [1.29, 1.82) is 0 Å². The molecule has 0 bridgehead atoms. The number of nitrogens with one attached hydrogen (secondary N) is 1. The van der Waals surface area contributed by atoms with E-state index >= 15 is 0 Å². The Balaban J connectivity index is 1.95. The molecular weight excluding hydrogens is 294 g/mol.